The summed E-state index contributed by atoms with van der Waals surface area (Å²) < 4.78 is 2.98. The van der Waals surface area contributed by atoms with Crippen molar-refractivity contribution >= 4 is 16.8 Å². The number of nitrogens with zero attached hydrogens (tertiary/aromatic N) is 2. The standard InChI is InChI=1S/C29H31N3O3/c1-21-14-16-23(17-15-21)19-30-27(33)13-7-8-18-31-28(34)25-11-5-6-12-26(25)32(29(31)35)20-24-10-4-3-9-22(24)2/h3-6,9-12,14-17H,7-8,13,18-20H2,1-2H3,(H,30,33). The molecule has 4 rings (SSSR count). The summed E-state index contributed by atoms with van der Waals surface area (Å²) in [6, 6.07) is 23.2. The van der Waals surface area contributed by atoms with Crippen molar-refractivity contribution in [1.29, 1.82) is 0 Å². The number of para-hydroxylation sites is 1. The third kappa shape index (κ3) is 5.77. The molecule has 6 heteroatoms. The number of carbonyl (C=O) groups excluding carboxylic acids is 1. The summed E-state index contributed by atoms with van der Waals surface area (Å²) in [4.78, 5) is 38.7. The summed E-state index contributed by atoms with van der Waals surface area (Å²) in [5.41, 5.74) is 4.41. The molecule has 0 bridgehead atoms. The zero-order valence-corrected chi connectivity index (χ0v) is 20.3. The molecule has 1 amide bonds. The quantitative estimate of drug-likeness (QED) is 0.371. The fourth-order valence-corrected chi connectivity index (χ4v) is 4.23. The Morgan fingerprint density at radius 2 is 1.54 bits per heavy atom. The number of hydrogen-bond donors (Lipinski definition) is 1. The van der Waals surface area contributed by atoms with Gasteiger partial charge >= 0.3 is 5.69 Å². The van der Waals surface area contributed by atoms with Gasteiger partial charge in [0.2, 0.25) is 5.91 Å². The average molecular weight is 470 g/mol. The highest BCUT2D eigenvalue weighted by Gasteiger charge is 2.14. The van der Waals surface area contributed by atoms with E-state index >= 15 is 0 Å². The van der Waals surface area contributed by atoms with E-state index in [9.17, 15) is 14.4 Å². The van der Waals surface area contributed by atoms with Crippen LogP contribution in [-0.4, -0.2) is 15.0 Å². The Morgan fingerprint density at radius 3 is 2.31 bits per heavy atom. The Balaban J connectivity index is 1.45. The van der Waals surface area contributed by atoms with Crippen LogP contribution in [0.1, 0.15) is 41.5 Å². The monoisotopic (exact) mass is 469 g/mol. The average Bonchev–Trinajstić information content (AvgIpc) is 2.86. The molecule has 0 fully saturated rings. The molecule has 4 aromatic rings. The summed E-state index contributed by atoms with van der Waals surface area (Å²) in [6.45, 7) is 5.21. The van der Waals surface area contributed by atoms with Gasteiger partial charge in [-0.05, 0) is 55.5 Å². The van der Waals surface area contributed by atoms with E-state index in [4.69, 9.17) is 0 Å². The van der Waals surface area contributed by atoms with Gasteiger partial charge in [0.25, 0.3) is 5.56 Å². The molecule has 1 aromatic heterocycles. The van der Waals surface area contributed by atoms with Crippen molar-refractivity contribution < 1.29 is 4.79 Å². The minimum Gasteiger partial charge on any atom is -0.352 e. The van der Waals surface area contributed by atoms with Crippen LogP contribution in [0.5, 0.6) is 0 Å². The Labute approximate surface area is 204 Å². The summed E-state index contributed by atoms with van der Waals surface area (Å²) in [6.07, 6.45) is 1.51. The number of nitrogens with one attached hydrogen (secondary N) is 1. The highest BCUT2D eigenvalue weighted by Crippen LogP contribution is 2.13. The second kappa shape index (κ2) is 11.0. The van der Waals surface area contributed by atoms with Crippen molar-refractivity contribution in [2.45, 2.75) is 52.7 Å². The topological polar surface area (TPSA) is 73.1 Å². The maximum atomic E-state index is 13.4. The van der Waals surface area contributed by atoms with Crippen molar-refractivity contribution in [1.82, 2.24) is 14.5 Å². The number of rotatable bonds is 9. The lowest BCUT2D eigenvalue weighted by Gasteiger charge is -2.15. The summed E-state index contributed by atoms with van der Waals surface area (Å²) in [5, 5.41) is 3.46. The third-order valence-corrected chi connectivity index (χ3v) is 6.37. The zero-order valence-electron chi connectivity index (χ0n) is 20.3. The number of fused-ring (bicyclic) bond motifs is 1. The molecule has 0 spiro atoms. The Morgan fingerprint density at radius 1 is 0.829 bits per heavy atom. The molecule has 3 aromatic carbocycles. The molecular formula is C29H31N3O3. The van der Waals surface area contributed by atoms with Gasteiger partial charge in [-0.3, -0.25) is 18.7 Å². The van der Waals surface area contributed by atoms with Gasteiger partial charge in [-0.15, -0.1) is 0 Å². The van der Waals surface area contributed by atoms with Crippen molar-refractivity contribution in [3.8, 4) is 0 Å². The van der Waals surface area contributed by atoms with Crippen molar-refractivity contribution in [3.63, 3.8) is 0 Å². The lowest BCUT2D eigenvalue weighted by atomic mass is 10.1. The minimum atomic E-state index is -0.319. The highest BCUT2D eigenvalue weighted by molar-refractivity contribution is 5.78. The minimum absolute atomic E-state index is 0.0339. The van der Waals surface area contributed by atoms with Crippen molar-refractivity contribution in [3.05, 3.63) is 116 Å². The molecule has 0 aliphatic rings. The van der Waals surface area contributed by atoms with E-state index in [0.717, 1.165) is 16.7 Å². The Bertz CT molecular complexity index is 1450. The van der Waals surface area contributed by atoms with Crippen LogP contribution in [0.25, 0.3) is 10.9 Å². The number of aryl methyl sites for hydroxylation is 2. The van der Waals surface area contributed by atoms with Crippen LogP contribution in [0.4, 0.5) is 0 Å². The molecule has 0 saturated carbocycles. The van der Waals surface area contributed by atoms with E-state index in [1.54, 1.807) is 10.6 Å². The number of amides is 1. The highest BCUT2D eigenvalue weighted by atomic mass is 16.2. The lowest BCUT2D eigenvalue weighted by Crippen LogP contribution is -2.40. The van der Waals surface area contributed by atoms with Crippen molar-refractivity contribution in [2.75, 3.05) is 0 Å². The van der Waals surface area contributed by atoms with Crippen LogP contribution < -0.4 is 16.6 Å². The van der Waals surface area contributed by atoms with E-state index < -0.39 is 0 Å². The van der Waals surface area contributed by atoms with Crippen LogP contribution in [0.15, 0.2) is 82.4 Å². The second-order valence-electron chi connectivity index (χ2n) is 8.99. The van der Waals surface area contributed by atoms with Gasteiger partial charge in [-0.2, -0.15) is 0 Å². The summed E-state index contributed by atoms with van der Waals surface area (Å²) >= 11 is 0. The van der Waals surface area contributed by atoms with Gasteiger partial charge in [0.15, 0.2) is 0 Å². The van der Waals surface area contributed by atoms with Gasteiger partial charge in [0, 0.05) is 19.5 Å². The van der Waals surface area contributed by atoms with E-state index in [2.05, 4.69) is 5.32 Å². The van der Waals surface area contributed by atoms with Crippen LogP contribution >= 0.6 is 0 Å². The first-order valence-corrected chi connectivity index (χ1v) is 12.0. The predicted octanol–water partition coefficient (Wildman–Crippen LogP) is 4.32. The molecule has 1 heterocycles. The maximum absolute atomic E-state index is 13.4. The van der Waals surface area contributed by atoms with Gasteiger partial charge in [-0.25, -0.2) is 4.79 Å². The van der Waals surface area contributed by atoms with E-state index in [0.29, 0.717) is 43.3 Å². The van der Waals surface area contributed by atoms with Gasteiger partial charge in [0.1, 0.15) is 0 Å². The number of hydrogen-bond acceptors (Lipinski definition) is 3. The van der Waals surface area contributed by atoms with Crippen LogP contribution in [0, 0.1) is 13.8 Å². The first kappa shape index (κ1) is 24.2. The van der Waals surface area contributed by atoms with Crippen molar-refractivity contribution in [2.24, 2.45) is 0 Å². The Kier molecular flexibility index (Phi) is 7.60. The van der Waals surface area contributed by atoms with Crippen LogP contribution in [0.3, 0.4) is 0 Å². The number of unbranched alkanes of at least 4 members (excludes halogenated alkanes) is 1. The smallest absolute Gasteiger partial charge is 0.331 e. The molecule has 0 aliphatic carbocycles. The molecular weight excluding hydrogens is 438 g/mol. The zero-order chi connectivity index (χ0) is 24.8. The SMILES string of the molecule is Cc1ccc(CNC(=O)CCCCn2c(=O)c3ccccc3n(Cc3ccccc3C)c2=O)cc1. The molecule has 180 valence electrons. The maximum Gasteiger partial charge on any atom is 0.331 e. The summed E-state index contributed by atoms with van der Waals surface area (Å²) in [5.74, 6) is -0.0339. The van der Waals surface area contributed by atoms with Crippen LogP contribution in [-0.2, 0) is 24.4 Å². The first-order valence-electron chi connectivity index (χ1n) is 12.0. The predicted molar refractivity (Wildman–Crippen MR) is 140 cm³/mol. The number of aromatic nitrogens is 2. The van der Waals surface area contributed by atoms with Gasteiger partial charge < -0.3 is 5.32 Å². The molecule has 0 saturated heterocycles. The summed E-state index contributed by atoms with van der Waals surface area (Å²) in [7, 11) is 0. The van der Waals surface area contributed by atoms with Gasteiger partial charge in [0.05, 0.1) is 17.4 Å². The molecule has 0 unspecified atom stereocenters. The van der Waals surface area contributed by atoms with Gasteiger partial charge in [-0.1, -0.05) is 66.2 Å². The van der Waals surface area contributed by atoms with Crippen LogP contribution in [0.2, 0.25) is 0 Å². The Hall–Kier alpha value is -3.93. The third-order valence-electron chi connectivity index (χ3n) is 6.37. The molecule has 1 N–H and O–H groups in total. The van der Waals surface area contributed by atoms with E-state index in [-0.39, 0.29) is 23.7 Å². The number of carbonyl (C=O) groups is 1. The molecule has 6 nitrogen and oxygen atoms in total. The molecule has 0 aliphatic heterocycles. The fourth-order valence-electron chi connectivity index (χ4n) is 4.23. The fraction of sp³-hybridized carbons (Fsp3) is 0.276. The first-order chi connectivity index (χ1) is 16.9. The largest absolute Gasteiger partial charge is 0.352 e. The molecule has 0 atom stereocenters. The van der Waals surface area contributed by atoms with E-state index in [1.807, 2.05) is 80.6 Å². The van der Waals surface area contributed by atoms with E-state index in [1.165, 1.54) is 10.1 Å². The lowest BCUT2D eigenvalue weighted by molar-refractivity contribution is -0.121. The number of benzene rings is 3. The second-order valence-corrected chi connectivity index (χ2v) is 8.99. The molecule has 0 radical (unpaired) electrons. The molecule has 35 heavy (non-hydrogen) atoms. The normalized spacial score (nSPS) is 11.0.